The molecule has 2 heterocycles. The summed E-state index contributed by atoms with van der Waals surface area (Å²) < 4.78 is 0. The van der Waals surface area contributed by atoms with E-state index >= 15 is 0 Å². The van der Waals surface area contributed by atoms with E-state index in [-0.39, 0.29) is 11.8 Å². The number of benzene rings is 1. The summed E-state index contributed by atoms with van der Waals surface area (Å²) in [5, 5.41) is 12.1. The van der Waals surface area contributed by atoms with Gasteiger partial charge in [0.2, 0.25) is 11.0 Å². The Labute approximate surface area is 138 Å². The Morgan fingerprint density at radius 2 is 2.09 bits per heavy atom. The van der Waals surface area contributed by atoms with Crippen molar-refractivity contribution in [1.29, 1.82) is 0 Å². The lowest BCUT2D eigenvalue weighted by Crippen LogP contribution is -2.43. The molecule has 1 fully saturated rings. The van der Waals surface area contributed by atoms with Crippen molar-refractivity contribution in [2.45, 2.75) is 32.2 Å². The van der Waals surface area contributed by atoms with Crippen molar-refractivity contribution in [3.8, 4) is 0 Å². The van der Waals surface area contributed by atoms with E-state index in [1.54, 1.807) is 17.0 Å². The van der Waals surface area contributed by atoms with E-state index in [2.05, 4.69) is 15.5 Å². The summed E-state index contributed by atoms with van der Waals surface area (Å²) in [5.74, 6) is -0.291. The molecule has 0 aliphatic carbocycles. The summed E-state index contributed by atoms with van der Waals surface area (Å²) in [5.41, 5.74) is 0.608. The maximum absolute atomic E-state index is 12.6. The van der Waals surface area contributed by atoms with Crippen LogP contribution >= 0.6 is 11.3 Å². The normalized spacial score (nSPS) is 17.3. The van der Waals surface area contributed by atoms with E-state index in [0.29, 0.717) is 23.7 Å². The average molecular weight is 330 g/mol. The summed E-state index contributed by atoms with van der Waals surface area (Å²) >= 11 is 1.37. The Bertz CT molecular complexity index is 701. The summed E-state index contributed by atoms with van der Waals surface area (Å²) in [6.45, 7) is 2.59. The molecule has 1 N–H and O–H groups in total. The van der Waals surface area contributed by atoms with Crippen LogP contribution in [0.15, 0.2) is 30.3 Å². The predicted molar refractivity (Wildman–Crippen MR) is 88.4 cm³/mol. The van der Waals surface area contributed by atoms with Gasteiger partial charge in [0, 0.05) is 12.1 Å². The number of aromatic nitrogens is 2. The van der Waals surface area contributed by atoms with Gasteiger partial charge in [-0.25, -0.2) is 0 Å². The lowest BCUT2D eigenvalue weighted by Gasteiger charge is -2.23. The fourth-order valence-corrected chi connectivity index (χ4v) is 3.35. The number of amides is 2. The van der Waals surface area contributed by atoms with Crippen molar-refractivity contribution in [3.05, 3.63) is 40.9 Å². The molecule has 0 unspecified atom stereocenters. The van der Waals surface area contributed by atoms with Crippen molar-refractivity contribution in [3.63, 3.8) is 0 Å². The number of anilines is 1. The molecule has 0 spiro atoms. The van der Waals surface area contributed by atoms with Crippen LogP contribution in [0.25, 0.3) is 0 Å². The van der Waals surface area contributed by atoms with Crippen LogP contribution < -0.4 is 5.32 Å². The van der Waals surface area contributed by atoms with Crippen molar-refractivity contribution in [1.82, 2.24) is 15.1 Å². The number of nitrogens with zero attached hydrogens (tertiary/aromatic N) is 3. The van der Waals surface area contributed by atoms with Crippen molar-refractivity contribution >= 4 is 28.3 Å². The second kappa shape index (κ2) is 6.87. The molecule has 6 nitrogen and oxygen atoms in total. The van der Waals surface area contributed by atoms with E-state index in [1.807, 2.05) is 25.1 Å². The summed E-state index contributed by atoms with van der Waals surface area (Å²) in [4.78, 5) is 26.7. The van der Waals surface area contributed by atoms with Crippen molar-refractivity contribution in [2.24, 2.45) is 0 Å². The number of carbonyl (C=O) groups is 2. The van der Waals surface area contributed by atoms with Crippen LogP contribution in [0.4, 0.5) is 5.13 Å². The van der Waals surface area contributed by atoms with Gasteiger partial charge in [-0.1, -0.05) is 36.5 Å². The van der Waals surface area contributed by atoms with Crippen LogP contribution in [-0.4, -0.2) is 39.5 Å². The van der Waals surface area contributed by atoms with Crippen LogP contribution in [0.1, 0.15) is 35.1 Å². The van der Waals surface area contributed by atoms with Gasteiger partial charge in [0.15, 0.2) is 0 Å². The van der Waals surface area contributed by atoms with Gasteiger partial charge >= 0.3 is 0 Å². The van der Waals surface area contributed by atoms with E-state index < -0.39 is 6.04 Å². The number of likely N-dealkylation sites (tertiary alicyclic amines) is 1. The first-order chi connectivity index (χ1) is 11.2. The molecule has 3 rings (SSSR count). The third kappa shape index (κ3) is 3.39. The Morgan fingerprint density at radius 1 is 1.30 bits per heavy atom. The molecule has 1 aliphatic rings. The molecule has 120 valence electrons. The van der Waals surface area contributed by atoms with E-state index in [4.69, 9.17) is 0 Å². The van der Waals surface area contributed by atoms with Crippen LogP contribution in [-0.2, 0) is 11.2 Å². The minimum absolute atomic E-state index is 0.102. The minimum atomic E-state index is -0.448. The van der Waals surface area contributed by atoms with Gasteiger partial charge < -0.3 is 4.90 Å². The lowest BCUT2D eigenvalue weighted by atomic mass is 10.1. The van der Waals surface area contributed by atoms with E-state index in [0.717, 1.165) is 17.8 Å². The van der Waals surface area contributed by atoms with Crippen LogP contribution in [0.5, 0.6) is 0 Å². The number of aryl methyl sites for hydroxylation is 1. The Hall–Kier alpha value is -2.28. The molecule has 23 heavy (non-hydrogen) atoms. The molecule has 0 bridgehead atoms. The smallest absolute Gasteiger partial charge is 0.254 e. The topological polar surface area (TPSA) is 75.2 Å². The Balaban J connectivity index is 1.70. The lowest BCUT2D eigenvalue weighted by molar-refractivity contribution is -0.119. The van der Waals surface area contributed by atoms with Crippen LogP contribution in [0, 0.1) is 0 Å². The molecule has 0 saturated carbocycles. The number of carbonyl (C=O) groups excluding carboxylic acids is 2. The summed E-state index contributed by atoms with van der Waals surface area (Å²) in [6.07, 6.45) is 2.28. The average Bonchev–Trinajstić information content (AvgIpc) is 3.24. The molecule has 1 saturated heterocycles. The van der Waals surface area contributed by atoms with Gasteiger partial charge in [0.05, 0.1) is 0 Å². The Morgan fingerprint density at radius 3 is 2.78 bits per heavy atom. The molecule has 2 aromatic rings. The second-order valence-corrected chi connectivity index (χ2v) is 6.43. The molecule has 0 radical (unpaired) electrons. The highest BCUT2D eigenvalue weighted by atomic mass is 32.1. The standard InChI is InChI=1S/C16H18N4O2S/c1-2-13-18-19-16(23-13)17-14(21)12-9-6-10-20(12)15(22)11-7-4-3-5-8-11/h3-5,7-8,12H,2,6,9-10H2,1H3,(H,17,19,21)/t12-/m0/s1. The molecular weight excluding hydrogens is 312 g/mol. The minimum Gasteiger partial charge on any atom is -0.327 e. The molecule has 1 aliphatic heterocycles. The largest absolute Gasteiger partial charge is 0.327 e. The highest BCUT2D eigenvalue weighted by Gasteiger charge is 2.34. The second-order valence-electron chi connectivity index (χ2n) is 5.37. The zero-order valence-corrected chi connectivity index (χ0v) is 13.7. The molecule has 2 amide bonds. The molecule has 1 atom stereocenters. The van der Waals surface area contributed by atoms with Gasteiger partial charge in [-0.2, -0.15) is 0 Å². The fraction of sp³-hybridized carbons (Fsp3) is 0.375. The molecule has 1 aromatic heterocycles. The third-order valence-corrected chi connectivity index (χ3v) is 4.82. The van der Waals surface area contributed by atoms with Gasteiger partial charge in [-0.15, -0.1) is 10.2 Å². The Kier molecular flexibility index (Phi) is 4.66. The number of hydrogen-bond acceptors (Lipinski definition) is 5. The zero-order valence-electron chi connectivity index (χ0n) is 12.9. The number of nitrogens with one attached hydrogen (secondary N) is 1. The zero-order chi connectivity index (χ0) is 16.2. The fourth-order valence-electron chi connectivity index (χ4n) is 2.66. The summed E-state index contributed by atoms with van der Waals surface area (Å²) in [6, 6.07) is 8.61. The first-order valence-corrected chi connectivity index (χ1v) is 8.50. The highest BCUT2D eigenvalue weighted by Crippen LogP contribution is 2.23. The van der Waals surface area contributed by atoms with Crippen molar-refractivity contribution in [2.75, 3.05) is 11.9 Å². The van der Waals surface area contributed by atoms with Crippen molar-refractivity contribution < 1.29 is 9.59 Å². The van der Waals surface area contributed by atoms with Gasteiger partial charge in [0.25, 0.3) is 5.91 Å². The van der Waals surface area contributed by atoms with Crippen LogP contribution in [0.2, 0.25) is 0 Å². The molecule has 1 aromatic carbocycles. The van der Waals surface area contributed by atoms with Gasteiger partial charge in [-0.3, -0.25) is 14.9 Å². The number of rotatable bonds is 4. The molecule has 7 heteroatoms. The highest BCUT2D eigenvalue weighted by molar-refractivity contribution is 7.15. The predicted octanol–water partition coefficient (Wildman–Crippen LogP) is 2.34. The van der Waals surface area contributed by atoms with Gasteiger partial charge in [-0.05, 0) is 31.4 Å². The monoisotopic (exact) mass is 330 g/mol. The quantitative estimate of drug-likeness (QED) is 0.934. The maximum Gasteiger partial charge on any atom is 0.254 e. The van der Waals surface area contributed by atoms with Crippen LogP contribution in [0.3, 0.4) is 0 Å². The first kappa shape index (κ1) is 15.6. The first-order valence-electron chi connectivity index (χ1n) is 7.68. The summed E-state index contributed by atoms with van der Waals surface area (Å²) in [7, 11) is 0. The molecular formula is C16H18N4O2S. The van der Waals surface area contributed by atoms with E-state index in [9.17, 15) is 9.59 Å². The van der Waals surface area contributed by atoms with Gasteiger partial charge in [0.1, 0.15) is 11.0 Å². The number of hydrogen-bond donors (Lipinski definition) is 1. The maximum atomic E-state index is 12.6. The third-order valence-electron chi connectivity index (χ3n) is 3.84. The van der Waals surface area contributed by atoms with E-state index in [1.165, 1.54) is 11.3 Å². The SMILES string of the molecule is CCc1nnc(NC(=O)[C@@H]2CCCN2C(=O)c2ccccc2)s1.